The summed E-state index contributed by atoms with van der Waals surface area (Å²) in [5.41, 5.74) is 4.90. The fourth-order valence-corrected chi connectivity index (χ4v) is 2.35. The molecule has 0 bridgehead atoms. The second kappa shape index (κ2) is 5.55. The lowest BCUT2D eigenvalue weighted by Crippen LogP contribution is -2.13. The number of ether oxygens (including phenoxy) is 1. The maximum absolute atomic E-state index is 6.31. The fraction of sp³-hybridized carbons (Fsp3) is 0.538. The van der Waals surface area contributed by atoms with Crippen LogP contribution in [0, 0.1) is 20.8 Å². The molecule has 0 radical (unpaired) electrons. The predicted molar refractivity (Wildman–Crippen MR) is 69.8 cm³/mol. The summed E-state index contributed by atoms with van der Waals surface area (Å²) in [5, 5.41) is 3.91. The monoisotopic (exact) mass is 241 g/mol. The number of halogens is 1. The van der Waals surface area contributed by atoms with E-state index >= 15 is 0 Å². The summed E-state index contributed by atoms with van der Waals surface area (Å²) in [7, 11) is 3.63. The van der Waals surface area contributed by atoms with Crippen LogP contribution >= 0.6 is 11.6 Å². The Hall–Kier alpha value is -0.730. The fourth-order valence-electron chi connectivity index (χ4n) is 2.01. The molecule has 0 amide bonds. The Morgan fingerprint density at radius 2 is 1.75 bits per heavy atom. The first-order valence-corrected chi connectivity index (χ1v) is 5.89. The van der Waals surface area contributed by atoms with Crippen LogP contribution in [0.3, 0.4) is 0 Å². The minimum Gasteiger partial charge on any atom is -0.495 e. The van der Waals surface area contributed by atoms with Gasteiger partial charge in [-0.15, -0.1) is 0 Å². The first kappa shape index (κ1) is 13.3. The molecule has 0 aliphatic rings. The maximum Gasteiger partial charge on any atom is 0.140 e. The van der Waals surface area contributed by atoms with E-state index in [0.29, 0.717) is 0 Å². The van der Waals surface area contributed by atoms with Crippen LogP contribution in [-0.4, -0.2) is 20.7 Å². The van der Waals surface area contributed by atoms with Gasteiger partial charge in [-0.2, -0.15) is 0 Å². The van der Waals surface area contributed by atoms with Crippen LogP contribution in [0.5, 0.6) is 5.75 Å². The largest absolute Gasteiger partial charge is 0.495 e. The number of hydrogen-bond acceptors (Lipinski definition) is 2. The van der Waals surface area contributed by atoms with Gasteiger partial charge in [0.05, 0.1) is 12.1 Å². The minimum absolute atomic E-state index is 0.747. The van der Waals surface area contributed by atoms with Crippen LogP contribution in [0.25, 0.3) is 0 Å². The summed E-state index contributed by atoms with van der Waals surface area (Å²) in [6, 6.07) is 0. The zero-order chi connectivity index (χ0) is 12.3. The van der Waals surface area contributed by atoms with Gasteiger partial charge >= 0.3 is 0 Å². The Morgan fingerprint density at radius 1 is 1.12 bits per heavy atom. The van der Waals surface area contributed by atoms with Gasteiger partial charge in [0.25, 0.3) is 0 Å². The van der Waals surface area contributed by atoms with Crippen molar-refractivity contribution in [2.24, 2.45) is 0 Å². The van der Waals surface area contributed by atoms with E-state index in [4.69, 9.17) is 16.3 Å². The lowest BCUT2D eigenvalue weighted by molar-refractivity contribution is 0.411. The molecule has 90 valence electrons. The maximum atomic E-state index is 6.31. The van der Waals surface area contributed by atoms with Crippen molar-refractivity contribution in [3.63, 3.8) is 0 Å². The van der Waals surface area contributed by atoms with Crippen LogP contribution in [0.15, 0.2) is 0 Å². The summed E-state index contributed by atoms with van der Waals surface area (Å²) < 4.78 is 5.35. The molecule has 1 aromatic carbocycles. The van der Waals surface area contributed by atoms with Crippen LogP contribution in [0.1, 0.15) is 22.3 Å². The highest BCUT2D eigenvalue weighted by atomic mass is 35.5. The Bertz CT molecular complexity index is 359. The summed E-state index contributed by atoms with van der Waals surface area (Å²) in [6.07, 6.45) is 0.999. The van der Waals surface area contributed by atoms with E-state index in [9.17, 15) is 0 Å². The third-order valence-electron chi connectivity index (χ3n) is 3.17. The topological polar surface area (TPSA) is 21.3 Å². The zero-order valence-corrected chi connectivity index (χ0v) is 11.5. The summed E-state index contributed by atoms with van der Waals surface area (Å²) in [4.78, 5) is 0. The van der Waals surface area contributed by atoms with Gasteiger partial charge in [-0.25, -0.2) is 0 Å². The first-order chi connectivity index (χ1) is 7.54. The van der Waals surface area contributed by atoms with Crippen molar-refractivity contribution in [1.82, 2.24) is 5.32 Å². The second-order valence-corrected chi connectivity index (χ2v) is 4.43. The highest BCUT2D eigenvalue weighted by molar-refractivity contribution is 6.33. The third-order valence-corrected chi connectivity index (χ3v) is 3.62. The molecule has 0 aliphatic carbocycles. The highest BCUT2D eigenvalue weighted by Gasteiger charge is 2.15. The first-order valence-electron chi connectivity index (χ1n) is 5.51. The summed E-state index contributed by atoms with van der Waals surface area (Å²) in [5.74, 6) is 0.810. The molecule has 2 nitrogen and oxygen atoms in total. The van der Waals surface area contributed by atoms with E-state index in [1.807, 2.05) is 7.05 Å². The summed E-state index contributed by atoms with van der Waals surface area (Å²) >= 11 is 6.31. The van der Waals surface area contributed by atoms with Crippen molar-refractivity contribution in [1.29, 1.82) is 0 Å². The van der Waals surface area contributed by atoms with Crippen molar-refractivity contribution < 1.29 is 4.74 Å². The van der Waals surface area contributed by atoms with Gasteiger partial charge in [0, 0.05) is 0 Å². The number of rotatable bonds is 4. The van der Waals surface area contributed by atoms with E-state index in [1.165, 1.54) is 11.1 Å². The van der Waals surface area contributed by atoms with E-state index in [2.05, 4.69) is 26.1 Å². The smallest absolute Gasteiger partial charge is 0.140 e. The molecule has 16 heavy (non-hydrogen) atoms. The van der Waals surface area contributed by atoms with Crippen molar-refractivity contribution in [3.05, 3.63) is 27.3 Å². The minimum atomic E-state index is 0.747. The van der Waals surface area contributed by atoms with Gasteiger partial charge in [0.15, 0.2) is 0 Å². The normalized spacial score (nSPS) is 10.6. The molecule has 1 aromatic rings. The molecule has 0 fully saturated rings. The molecule has 0 unspecified atom stereocenters. The Morgan fingerprint density at radius 3 is 2.25 bits per heavy atom. The van der Waals surface area contributed by atoms with Gasteiger partial charge in [-0.3, -0.25) is 0 Å². The molecule has 0 aliphatic heterocycles. The molecular weight excluding hydrogens is 222 g/mol. The van der Waals surface area contributed by atoms with E-state index < -0.39 is 0 Å². The molecule has 0 heterocycles. The van der Waals surface area contributed by atoms with Crippen molar-refractivity contribution in [2.45, 2.75) is 27.2 Å². The molecule has 0 saturated heterocycles. The lowest BCUT2D eigenvalue weighted by atomic mass is 9.95. The zero-order valence-electron chi connectivity index (χ0n) is 10.7. The molecule has 0 saturated carbocycles. The Labute approximate surface area is 103 Å². The number of benzene rings is 1. The number of hydrogen-bond donors (Lipinski definition) is 1. The van der Waals surface area contributed by atoms with Gasteiger partial charge in [-0.1, -0.05) is 11.6 Å². The predicted octanol–water partition coefficient (Wildman–Crippen LogP) is 3.04. The van der Waals surface area contributed by atoms with E-state index in [1.54, 1.807) is 7.11 Å². The van der Waals surface area contributed by atoms with Crippen LogP contribution in [0.2, 0.25) is 5.02 Å². The van der Waals surface area contributed by atoms with E-state index in [0.717, 1.165) is 34.9 Å². The second-order valence-electron chi connectivity index (χ2n) is 4.05. The van der Waals surface area contributed by atoms with Gasteiger partial charge < -0.3 is 10.1 Å². The van der Waals surface area contributed by atoms with Gasteiger partial charge in [-0.05, 0) is 63.0 Å². The third kappa shape index (κ3) is 2.33. The molecule has 0 atom stereocenters. The molecular formula is C13H20ClNO. The van der Waals surface area contributed by atoms with Crippen LogP contribution in [0.4, 0.5) is 0 Å². The average Bonchev–Trinajstić information content (AvgIpc) is 2.27. The molecule has 1 N–H and O–H groups in total. The Kier molecular flexibility index (Phi) is 4.63. The highest BCUT2D eigenvalue weighted by Crippen LogP contribution is 2.36. The number of likely N-dealkylation sites (N-methyl/N-ethyl adjacent to an activating group) is 1. The van der Waals surface area contributed by atoms with Crippen molar-refractivity contribution in [2.75, 3.05) is 20.7 Å². The van der Waals surface area contributed by atoms with Crippen LogP contribution in [-0.2, 0) is 6.42 Å². The average molecular weight is 242 g/mol. The lowest BCUT2D eigenvalue weighted by Gasteiger charge is -2.18. The number of methoxy groups -OCH3 is 1. The van der Waals surface area contributed by atoms with Crippen LogP contribution < -0.4 is 10.1 Å². The van der Waals surface area contributed by atoms with Gasteiger partial charge in [0.1, 0.15) is 5.75 Å². The molecule has 3 heteroatoms. The molecule has 1 rings (SSSR count). The standard InChI is InChI=1S/C13H20ClNO/c1-8-9(2)13(16-5)12(14)10(3)11(8)6-7-15-4/h15H,6-7H2,1-5H3. The van der Waals surface area contributed by atoms with E-state index in [-0.39, 0.29) is 0 Å². The SMILES string of the molecule is CNCCc1c(C)c(C)c(OC)c(Cl)c1C. The van der Waals surface area contributed by atoms with Gasteiger partial charge in [0.2, 0.25) is 0 Å². The molecule has 0 aromatic heterocycles. The quantitative estimate of drug-likeness (QED) is 0.875. The number of nitrogens with one attached hydrogen (secondary N) is 1. The summed E-state index contributed by atoms with van der Waals surface area (Å²) in [6.45, 7) is 7.21. The van der Waals surface area contributed by atoms with Crippen molar-refractivity contribution >= 4 is 11.6 Å². The Balaban J connectivity index is 3.29. The molecule has 0 spiro atoms. The van der Waals surface area contributed by atoms with Crippen molar-refractivity contribution in [3.8, 4) is 5.75 Å².